The Bertz CT molecular complexity index is 431. The van der Waals surface area contributed by atoms with Crippen molar-refractivity contribution < 1.29 is 9.53 Å². The first-order chi connectivity index (χ1) is 8.70. The predicted molar refractivity (Wildman–Crippen MR) is 72.8 cm³/mol. The number of carbonyl (C=O) groups excluding carboxylic acids is 1. The molecule has 0 heterocycles. The first-order valence-electron chi connectivity index (χ1n) is 6.11. The predicted octanol–water partition coefficient (Wildman–Crippen LogP) is 2.51. The Hall–Kier alpha value is -0.910. The molecule has 3 N–H and O–H groups in total. The third kappa shape index (κ3) is 3.31. The fourth-order valence-corrected chi connectivity index (χ4v) is 2.64. The summed E-state index contributed by atoms with van der Waals surface area (Å²) in [5, 5.41) is 0. The van der Waals surface area contributed by atoms with Crippen molar-refractivity contribution >= 4 is 21.8 Å². The summed E-state index contributed by atoms with van der Waals surface area (Å²) in [7, 11) is 0. The Morgan fingerprint density at radius 2 is 2.17 bits per heavy atom. The van der Waals surface area contributed by atoms with Crippen LogP contribution in [0.2, 0.25) is 0 Å². The van der Waals surface area contributed by atoms with E-state index in [9.17, 15) is 4.79 Å². The molecule has 0 aliphatic heterocycles. The number of amides is 1. The van der Waals surface area contributed by atoms with Crippen LogP contribution in [0.1, 0.15) is 41.6 Å². The summed E-state index contributed by atoms with van der Waals surface area (Å²) >= 11 is 3.45. The van der Waals surface area contributed by atoms with E-state index in [-0.39, 0.29) is 5.91 Å². The zero-order chi connectivity index (χ0) is 13.0. The lowest BCUT2D eigenvalue weighted by atomic mass is 10.1. The van der Waals surface area contributed by atoms with Gasteiger partial charge in [-0.3, -0.25) is 10.2 Å². The molecule has 0 saturated heterocycles. The van der Waals surface area contributed by atoms with Crippen LogP contribution in [0.5, 0.6) is 0 Å². The highest BCUT2D eigenvalue weighted by Gasteiger charge is 2.16. The first kappa shape index (κ1) is 13.5. The van der Waals surface area contributed by atoms with Gasteiger partial charge >= 0.3 is 0 Å². The first-order valence-corrected chi connectivity index (χ1v) is 6.91. The van der Waals surface area contributed by atoms with Crippen LogP contribution in [0.25, 0.3) is 0 Å². The highest BCUT2D eigenvalue weighted by atomic mass is 79.9. The van der Waals surface area contributed by atoms with Crippen molar-refractivity contribution in [3.8, 4) is 0 Å². The number of benzene rings is 1. The molecule has 1 aliphatic carbocycles. The highest BCUT2D eigenvalue weighted by Crippen LogP contribution is 2.24. The smallest absolute Gasteiger partial charge is 0.265 e. The van der Waals surface area contributed by atoms with E-state index in [1.54, 1.807) is 12.1 Å². The van der Waals surface area contributed by atoms with Crippen LogP contribution in [0.4, 0.5) is 0 Å². The van der Waals surface area contributed by atoms with Crippen LogP contribution in [0, 0.1) is 0 Å². The van der Waals surface area contributed by atoms with Gasteiger partial charge in [-0.2, -0.15) is 0 Å². The molecular weight excluding hydrogens is 296 g/mol. The molecule has 1 fully saturated rings. The molecule has 0 atom stereocenters. The molecule has 1 aliphatic rings. The van der Waals surface area contributed by atoms with Crippen molar-refractivity contribution in [2.45, 2.75) is 38.4 Å². The van der Waals surface area contributed by atoms with Gasteiger partial charge in [0.2, 0.25) is 0 Å². The lowest BCUT2D eigenvalue weighted by molar-refractivity contribution is 0.0453. The molecule has 0 spiro atoms. The van der Waals surface area contributed by atoms with Crippen molar-refractivity contribution in [2.75, 3.05) is 0 Å². The zero-order valence-corrected chi connectivity index (χ0v) is 11.7. The summed E-state index contributed by atoms with van der Waals surface area (Å²) in [5.41, 5.74) is 3.70. The molecule has 0 aromatic heterocycles. The van der Waals surface area contributed by atoms with Crippen molar-refractivity contribution in [1.29, 1.82) is 0 Å². The van der Waals surface area contributed by atoms with Crippen molar-refractivity contribution in [3.63, 3.8) is 0 Å². The average molecular weight is 313 g/mol. The molecule has 18 heavy (non-hydrogen) atoms. The van der Waals surface area contributed by atoms with Gasteiger partial charge in [-0.05, 0) is 30.5 Å². The van der Waals surface area contributed by atoms with Gasteiger partial charge in [0, 0.05) is 10.0 Å². The number of nitrogens with two attached hydrogens (primary N) is 1. The second-order valence-corrected chi connectivity index (χ2v) is 5.35. The van der Waals surface area contributed by atoms with Crippen LogP contribution in [0.3, 0.4) is 0 Å². The SMILES string of the molecule is NNC(=O)c1ccc(COC2CCCC2)c(Br)c1. The lowest BCUT2D eigenvalue weighted by Gasteiger charge is -2.12. The van der Waals surface area contributed by atoms with Crippen molar-refractivity contribution in [1.82, 2.24) is 5.43 Å². The van der Waals surface area contributed by atoms with Crippen LogP contribution < -0.4 is 11.3 Å². The number of nitrogen functional groups attached to an aromatic ring is 1. The number of ether oxygens (including phenoxy) is 1. The van der Waals surface area contributed by atoms with Crippen molar-refractivity contribution in [3.05, 3.63) is 33.8 Å². The molecule has 2 rings (SSSR count). The quantitative estimate of drug-likeness (QED) is 0.510. The van der Waals surface area contributed by atoms with Gasteiger partial charge < -0.3 is 4.74 Å². The Morgan fingerprint density at radius 3 is 2.78 bits per heavy atom. The van der Waals surface area contributed by atoms with Crippen LogP contribution >= 0.6 is 15.9 Å². The second kappa shape index (κ2) is 6.31. The third-order valence-corrected chi connectivity index (χ3v) is 3.96. The topological polar surface area (TPSA) is 64.3 Å². The summed E-state index contributed by atoms with van der Waals surface area (Å²) in [5.74, 6) is 4.80. The maximum atomic E-state index is 11.4. The van der Waals surface area contributed by atoms with E-state index in [4.69, 9.17) is 10.6 Å². The number of nitrogens with one attached hydrogen (secondary N) is 1. The second-order valence-electron chi connectivity index (χ2n) is 4.50. The number of rotatable bonds is 4. The monoisotopic (exact) mass is 312 g/mol. The molecule has 5 heteroatoms. The molecular formula is C13H17BrN2O2. The summed E-state index contributed by atoms with van der Waals surface area (Å²) in [4.78, 5) is 11.4. The molecule has 1 saturated carbocycles. The Balaban J connectivity index is 1.98. The maximum absolute atomic E-state index is 11.4. The van der Waals surface area contributed by atoms with E-state index < -0.39 is 0 Å². The average Bonchev–Trinajstić information content (AvgIpc) is 2.89. The summed E-state index contributed by atoms with van der Waals surface area (Å²) in [6.45, 7) is 0.579. The maximum Gasteiger partial charge on any atom is 0.265 e. The molecule has 1 aromatic carbocycles. The summed E-state index contributed by atoms with van der Waals surface area (Å²) in [6.07, 6.45) is 5.24. The van der Waals surface area contributed by atoms with E-state index in [0.717, 1.165) is 22.9 Å². The van der Waals surface area contributed by atoms with Gasteiger partial charge in [-0.15, -0.1) is 0 Å². The number of hydrazine groups is 1. The number of hydrogen-bond donors (Lipinski definition) is 2. The van der Waals surface area contributed by atoms with E-state index in [2.05, 4.69) is 21.4 Å². The van der Waals surface area contributed by atoms with Crippen LogP contribution in [-0.4, -0.2) is 12.0 Å². The largest absolute Gasteiger partial charge is 0.374 e. The number of carbonyl (C=O) groups is 1. The van der Waals surface area contributed by atoms with Gasteiger partial charge in [0.1, 0.15) is 0 Å². The van der Waals surface area contributed by atoms with Gasteiger partial charge in [-0.25, -0.2) is 5.84 Å². The molecule has 0 bridgehead atoms. The van der Waals surface area contributed by atoms with Crippen molar-refractivity contribution in [2.24, 2.45) is 5.84 Å². The Kier molecular flexibility index (Phi) is 4.74. The molecule has 0 unspecified atom stereocenters. The van der Waals surface area contributed by atoms with Crippen LogP contribution in [-0.2, 0) is 11.3 Å². The van der Waals surface area contributed by atoms with Crippen LogP contribution in [0.15, 0.2) is 22.7 Å². The number of halogens is 1. The van der Waals surface area contributed by atoms with Gasteiger partial charge in [0.15, 0.2) is 0 Å². The zero-order valence-electron chi connectivity index (χ0n) is 10.1. The Labute approximate surface area is 115 Å². The van der Waals surface area contributed by atoms with Gasteiger partial charge in [0.05, 0.1) is 12.7 Å². The minimum Gasteiger partial charge on any atom is -0.374 e. The fraction of sp³-hybridized carbons (Fsp3) is 0.462. The lowest BCUT2D eigenvalue weighted by Crippen LogP contribution is -2.29. The summed E-state index contributed by atoms with van der Waals surface area (Å²) in [6, 6.07) is 5.40. The molecule has 1 aromatic rings. The molecule has 0 radical (unpaired) electrons. The molecule has 1 amide bonds. The minimum absolute atomic E-state index is 0.293. The highest BCUT2D eigenvalue weighted by molar-refractivity contribution is 9.10. The standard InChI is InChI=1S/C13H17BrN2O2/c14-12-7-9(13(17)16-15)5-6-10(12)8-18-11-3-1-2-4-11/h5-7,11H,1-4,8,15H2,(H,16,17). The van der Waals surface area contributed by atoms with Gasteiger partial charge in [0.25, 0.3) is 5.91 Å². The van der Waals surface area contributed by atoms with E-state index in [1.807, 2.05) is 6.07 Å². The molecule has 98 valence electrons. The Morgan fingerprint density at radius 1 is 1.44 bits per heavy atom. The van der Waals surface area contributed by atoms with E-state index >= 15 is 0 Å². The number of hydrogen-bond acceptors (Lipinski definition) is 3. The molecule has 4 nitrogen and oxygen atoms in total. The fourth-order valence-electron chi connectivity index (χ4n) is 2.15. The van der Waals surface area contributed by atoms with Gasteiger partial charge in [-0.1, -0.05) is 34.8 Å². The minimum atomic E-state index is -0.293. The third-order valence-electron chi connectivity index (χ3n) is 3.22. The normalized spacial score (nSPS) is 15.9. The van der Waals surface area contributed by atoms with E-state index in [0.29, 0.717) is 18.3 Å². The summed E-state index contributed by atoms with van der Waals surface area (Å²) < 4.78 is 6.72. The van der Waals surface area contributed by atoms with E-state index in [1.165, 1.54) is 12.8 Å².